The second kappa shape index (κ2) is 9.06. The number of rotatable bonds is 4. The summed E-state index contributed by atoms with van der Waals surface area (Å²) in [5.41, 5.74) is 2.23. The summed E-state index contributed by atoms with van der Waals surface area (Å²) in [6.07, 6.45) is 0.892. The highest BCUT2D eigenvalue weighted by molar-refractivity contribution is 6.42. The number of benzene rings is 2. The lowest BCUT2D eigenvalue weighted by Gasteiger charge is -2.26. The molecule has 2 heterocycles. The van der Waals surface area contributed by atoms with Gasteiger partial charge >= 0.3 is 5.76 Å². The first-order chi connectivity index (χ1) is 14.5. The van der Waals surface area contributed by atoms with E-state index in [9.17, 15) is 9.59 Å². The van der Waals surface area contributed by atoms with Gasteiger partial charge in [0.2, 0.25) is 0 Å². The van der Waals surface area contributed by atoms with E-state index < -0.39 is 11.9 Å². The van der Waals surface area contributed by atoms with E-state index in [4.69, 9.17) is 32.4 Å². The number of aromatic amines is 1. The number of hydrogen-bond acceptors (Lipinski definition) is 5. The lowest BCUT2D eigenvalue weighted by molar-refractivity contribution is 0.0417. The highest BCUT2D eigenvalue weighted by Gasteiger charge is 2.29. The maximum absolute atomic E-state index is 13.2. The Kier molecular flexibility index (Phi) is 6.24. The first kappa shape index (κ1) is 20.7. The van der Waals surface area contributed by atoms with Crippen LogP contribution in [0, 0.1) is 0 Å². The molecule has 30 heavy (non-hydrogen) atoms. The fourth-order valence-electron chi connectivity index (χ4n) is 3.46. The molecule has 7 nitrogen and oxygen atoms in total. The van der Waals surface area contributed by atoms with Gasteiger partial charge < -0.3 is 19.8 Å². The molecule has 0 spiro atoms. The normalized spacial score (nSPS) is 19.3. The third-order valence-corrected chi connectivity index (χ3v) is 5.62. The zero-order chi connectivity index (χ0) is 21.1. The summed E-state index contributed by atoms with van der Waals surface area (Å²) in [4.78, 5) is 27.1. The molecule has 2 aromatic carbocycles. The number of carbonyl (C=O) groups excluding carboxylic acids is 1. The maximum atomic E-state index is 13.2. The number of halogens is 2. The van der Waals surface area contributed by atoms with Gasteiger partial charge in [-0.1, -0.05) is 47.5 Å². The van der Waals surface area contributed by atoms with Gasteiger partial charge in [0, 0.05) is 24.2 Å². The Morgan fingerprint density at radius 2 is 1.97 bits per heavy atom. The largest absolute Gasteiger partial charge is 0.416 e. The van der Waals surface area contributed by atoms with Crippen LogP contribution in [0.3, 0.4) is 0 Å². The van der Waals surface area contributed by atoms with E-state index in [1.165, 1.54) is 6.26 Å². The minimum absolute atomic E-state index is 0.296. The molecule has 1 aromatic heterocycles. The van der Waals surface area contributed by atoms with Crippen molar-refractivity contribution in [1.82, 2.24) is 15.6 Å². The van der Waals surface area contributed by atoms with Crippen molar-refractivity contribution < 1.29 is 13.9 Å². The van der Waals surface area contributed by atoms with Crippen LogP contribution in [-0.2, 0) is 4.74 Å². The van der Waals surface area contributed by atoms with Crippen molar-refractivity contribution in [3.63, 3.8) is 0 Å². The molecule has 9 heteroatoms. The Hall–Kier alpha value is -2.58. The van der Waals surface area contributed by atoms with Gasteiger partial charge in [0.1, 0.15) is 12.4 Å². The number of oxazole rings is 1. The molecule has 0 aliphatic carbocycles. The average molecular weight is 448 g/mol. The van der Waals surface area contributed by atoms with E-state index in [0.717, 1.165) is 5.56 Å². The van der Waals surface area contributed by atoms with Gasteiger partial charge in [0.25, 0.3) is 5.91 Å². The molecule has 1 fully saturated rings. The Bertz CT molecular complexity index is 1110. The SMILES string of the molecule is O=C(N[C@@H]1CNCCO[C@H]1c1ccc(Cl)c(Cl)c1)c1ccccc1-c1coc(=O)[nH]1. The lowest BCUT2D eigenvalue weighted by Crippen LogP contribution is -2.45. The summed E-state index contributed by atoms with van der Waals surface area (Å²) in [6, 6.07) is 11.9. The average Bonchev–Trinajstić information content (AvgIpc) is 3.05. The number of ether oxygens (including phenoxy) is 1. The standard InChI is InChI=1S/C21H19Cl2N3O4/c22-15-6-5-12(9-16(15)23)19-17(10-24-7-8-29-19)25-20(27)14-4-2-1-3-13(14)18-11-30-21(28)26-18/h1-6,9,11,17,19,24H,7-8,10H2,(H,25,27)(H,26,28)/t17-,19+/m1/s1. The second-order valence-corrected chi connectivity index (χ2v) is 7.67. The Morgan fingerprint density at radius 3 is 2.73 bits per heavy atom. The van der Waals surface area contributed by atoms with Crippen LogP contribution in [0.5, 0.6) is 0 Å². The van der Waals surface area contributed by atoms with Crippen molar-refractivity contribution in [3.05, 3.63) is 80.5 Å². The molecule has 3 N–H and O–H groups in total. The molecule has 1 aliphatic rings. The molecule has 0 saturated carbocycles. The molecule has 1 saturated heterocycles. The van der Waals surface area contributed by atoms with Gasteiger partial charge in [0.15, 0.2) is 0 Å². The van der Waals surface area contributed by atoms with Crippen LogP contribution in [0.2, 0.25) is 10.0 Å². The second-order valence-electron chi connectivity index (χ2n) is 6.86. The monoisotopic (exact) mass is 447 g/mol. The number of amides is 1. The van der Waals surface area contributed by atoms with Gasteiger partial charge in [0.05, 0.1) is 28.4 Å². The molecule has 1 amide bonds. The quantitative estimate of drug-likeness (QED) is 0.569. The fraction of sp³-hybridized carbons (Fsp3) is 0.238. The Labute approximate surface area is 182 Å². The number of hydrogen-bond donors (Lipinski definition) is 3. The molecule has 0 unspecified atom stereocenters. The third kappa shape index (κ3) is 4.44. The van der Waals surface area contributed by atoms with E-state index in [0.29, 0.717) is 46.6 Å². The van der Waals surface area contributed by atoms with Crippen LogP contribution in [0.1, 0.15) is 22.0 Å². The molecule has 0 bridgehead atoms. The molecule has 2 atom stereocenters. The first-order valence-electron chi connectivity index (χ1n) is 9.38. The Balaban J connectivity index is 1.62. The van der Waals surface area contributed by atoms with Crippen LogP contribution in [-0.4, -0.2) is 36.6 Å². The Morgan fingerprint density at radius 1 is 1.13 bits per heavy atom. The van der Waals surface area contributed by atoms with Gasteiger partial charge in [-0.05, 0) is 23.8 Å². The van der Waals surface area contributed by atoms with Crippen LogP contribution in [0.25, 0.3) is 11.3 Å². The van der Waals surface area contributed by atoms with Crippen molar-refractivity contribution in [2.75, 3.05) is 19.7 Å². The summed E-state index contributed by atoms with van der Waals surface area (Å²) >= 11 is 12.2. The highest BCUT2D eigenvalue weighted by atomic mass is 35.5. The number of nitrogens with one attached hydrogen (secondary N) is 3. The van der Waals surface area contributed by atoms with Crippen molar-refractivity contribution >= 4 is 29.1 Å². The van der Waals surface area contributed by atoms with Crippen molar-refractivity contribution in [2.24, 2.45) is 0 Å². The molecule has 1 aliphatic heterocycles. The highest BCUT2D eigenvalue weighted by Crippen LogP contribution is 2.30. The summed E-state index contributed by atoms with van der Waals surface area (Å²) < 4.78 is 10.8. The van der Waals surface area contributed by atoms with Crippen molar-refractivity contribution in [3.8, 4) is 11.3 Å². The van der Waals surface area contributed by atoms with E-state index in [1.807, 2.05) is 6.07 Å². The number of aromatic nitrogens is 1. The molecular formula is C21H19Cl2N3O4. The summed E-state index contributed by atoms with van der Waals surface area (Å²) in [6.45, 7) is 1.67. The smallest absolute Gasteiger partial charge is 0.416 e. The zero-order valence-corrected chi connectivity index (χ0v) is 17.3. The topological polar surface area (TPSA) is 96.4 Å². The number of carbonyl (C=O) groups is 1. The predicted octanol–water partition coefficient (Wildman–Crippen LogP) is 3.40. The van der Waals surface area contributed by atoms with Gasteiger partial charge in [-0.25, -0.2) is 4.79 Å². The summed E-state index contributed by atoms with van der Waals surface area (Å²) in [5.74, 6) is -0.878. The first-order valence-corrected chi connectivity index (χ1v) is 10.1. The lowest BCUT2D eigenvalue weighted by atomic mass is 10.00. The molecule has 4 rings (SSSR count). The maximum Gasteiger partial charge on any atom is 0.416 e. The minimum Gasteiger partial charge on any atom is -0.416 e. The van der Waals surface area contributed by atoms with Crippen LogP contribution < -0.4 is 16.4 Å². The van der Waals surface area contributed by atoms with Gasteiger partial charge in [-0.15, -0.1) is 0 Å². The predicted molar refractivity (Wildman–Crippen MR) is 114 cm³/mol. The van der Waals surface area contributed by atoms with Crippen LogP contribution in [0.15, 0.2) is 57.9 Å². The van der Waals surface area contributed by atoms with E-state index >= 15 is 0 Å². The van der Waals surface area contributed by atoms with Crippen molar-refractivity contribution in [2.45, 2.75) is 12.1 Å². The molecular weight excluding hydrogens is 429 g/mol. The summed E-state index contributed by atoms with van der Waals surface area (Å²) in [7, 11) is 0. The fourth-order valence-corrected chi connectivity index (χ4v) is 3.76. The van der Waals surface area contributed by atoms with E-state index in [-0.39, 0.29) is 11.9 Å². The van der Waals surface area contributed by atoms with Crippen LogP contribution in [0.4, 0.5) is 0 Å². The van der Waals surface area contributed by atoms with E-state index in [1.54, 1.807) is 36.4 Å². The molecule has 156 valence electrons. The zero-order valence-electron chi connectivity index (χ0n) is 15.8. The molecule has 3 aromatic rings. The molecule has 0 radical (unpaired) electrons. The van der Waals surface area contributed by atoms with E-state index in [2.05, 4.69) is 15.6 Å². The third-order valence-electron chi connectivity index (χ3n) is 4.88. The van der Waals surface area contributed by atoms with Gasteiger partial charge in [-0.3, -0.25) is 9.78 Å². The summed E-state index contributed by atoms with van der Waals surface area (Å²) in [5, 5.41) is 7.20. The van der Waals surface area contributed by atoms with Crippen molar-refractivity contribution in [1.29, 1.82) is 0 Å². The van der Waals surface area contributed by atoms with Crippen LogP contribution >= 0.6 is 23.2 Å². The minimum atomic E-state index is -0.582. The number of H-pyrrole nitrogens is 1. The van der Waals surface area contributed by atoms with Gasteiger partial charge in [-0.2, -0.15) is 0 Å².